The van der Waals surface area contributed by atoms with Gasteiger partial charge in [0.25, 0.3) is 5.69 Å². The molecular weight excluding hydrogens is 474 g/mol. The van der Waals surface area contributed by atoms with Gasteiger partial charge in [-0.05, 0) is 42.3 Å². The van der Waals surface area contributed by atoms with Gasteiger partial charge < -0.3 is 5.32 Å². The lowest BCUT2D eigenvalue weighted by molar-refractivity contribution is -0.384. The molecule has 4 aromatic rings. The highest BCUT2D eigenvalue weighted by atomic mass is 35.5. The summed E-state index contributed by atoms with van der Waals surface area (Å²) in [6, 6.07) is 21.6. The van der Waals surface area contributed by atoms with Crippen LogP contribution in [0.1, 0.15) is 11.1 Å². The van der Waals surface area contributed by atoms with Crippen LogP contribution in [-0.2, 0) is 11.3 Å². The van der Waals surface area contributed by atoms with Gasteiger partial charge in [0.05, 0.1) is 22.9 Å². The molecule has 4 rings (SSSR count). The third-order valence-electron chi connectivity index (χ3n) is 5.04. The van der Waals surface area contributed by atoms with E-state index in [1.165, 1.54) is 23.9 Å². The lowest BCUT2D eigenvalue weighted by atomic mass is 10.2. The number of nitrogens with zero attached hydrogens (tertiary/aromatic N) is 4. The first kappa shape index (κ1) is 23.5. The molecule has 0 spiro atoms. The van der Waals surface area contributed by atoms with Gasteiger partial charge in [-0.1, -0.05) is 59.8 Å². The van der Waals surface area contributed by atoms with Crippen molar-refractivity contribution in [1.82, 2.24) is 14.8 Å². The number of hydrogen-bond acceptors (Lipinski definition) is 6. The Morgan fingerprint density at radius 3 is 2.53 bits per heavy atom. The normalized spacial score (nSPS) is 10.8. The molecule has 0 saturated heterocycles. The van der Waals surface area contributed by atoms with Crippen molar-refractivity contribution in [2.75, 3.05) is 11.1 Å². The number of carbonyl (C=O) groups excluding carboxylic acids is 1. The van der Waals surface area contributed by atoms with E-state index in [1.807, 2.05) is 47.0 Å². The number of carbonyl (C=O) groups is 1. The highest BCUT2D eigenvalue weighted by molar-refractivity contribution is 7.99. The van der Waals surface area contributed by atoms with Crippen molar-refractivity contribution in [3.63, 3.8) is 0 Å². The maximum absolute atomic E-state index is 12.6. The molecule has 0 fully saturated rings. The molecule has 0 aliphatic rings. The molecule has 0 aliphatic heterocycles. The Balaban J connectivity index is 1.54. The zero-order chi connectivity index (χ0) is 24.1. The van der Waals surface area contributed by atoms with Crippen molar-refractivity contribution in [1.29, 1.82) is 0 Å². The minimum atomic E-state index is -0.492. The lowest BCUT2D eigenvalue weighted by Crippen LogP contribution is -2.15. The summed E-state index contributed by atoms with van der Waals surface area (Å²) in [5.41, 5.74) is 2.99. The van der Waals surface area contributed by atoms with Gasteiger partial charge in [0, 0.05) is 22.7 Å². The molecule has 172 valence electrons. The predicted octanol–water partition coefficient (Wildman–Crippen LogP) is 5.59. The van der Waals surface area contributed by atoms with Crippen molar-refractivity contribution in [2.45, 2.75) is 18.6 Å². The zero-order valence-electron chi connectivity index (χ0n) is 18.1. The molecule has 0 radical (unpaired) electrons. The van der Waals surface area contributed by atoms with Gasteiger partial charge in [0.15, 0.2) is 11.0 Å². The first-order valence-electron chi connectivity index (χ1n) is 10.3. The van der Waals surface area contributed by atoms with E-state index < -0.39 is 4.92 Å². The minimum absolute atomic E-state index is 0.0652. The van der Waals surface area contributed by atoms with Gasteiger partial charge in [-0.15, -0.1) is 10.2 Å². The average molecular weight is 494 g/mol. The second-order valence-electron chi connectivity index (χ2n) is 7.48. The quantitative estimate of drug-likeness (QED) is 0.195. The number of thioether (sulfide) groups is 1. The van der Waals surface area contributed by atoms with Crippen LogP contribution >= 0.6 is 23.4 Å². The van der Waals surface area contributed by atoms with E-state index in [0.717, 1.165) is 16.7 Å². The molecule has 8 nitrogen and oxygen atoms in total. The number of anilines is 1. The third kappa shape index (κ3) is 5.62. The van der Waals surface area contributed by atoms with E-state index in [0.29, 0.717) is 28.2 Å². The summed E-state index contributed by atoms with van der Waals surface area (Å²) in [7, 11) is 0. The van der Waals surface area contributed by atoms with Crippen LogP contribution in [0.2, 0.25) is 5.02 Å². The fourth-order valence-corrected chi connectivity index (χ4v) is 4.15. The number of nitrogens with one attached hydrogen (secondary N) is 1. The SMILES string of the molecule is Cc1ccc([N+](=O)[O-])cc1NC(=O)CSc1nnc(-c2ccc(Cl)cc2)n1Cc1ccccc1. The van der Waals surface area contributed by atoms with Crippen LogP contribution in [0, 0.1) is 17.0 Å². The first-order valence-corrected chi connectivity index (χ1v) is 11.7. The highest BCUT2D eigenvalue weighted by Gasteiger charge is 2.17. The van der Waals surface area contributed by atoms with E-state index in [9.17, 15) is 14.9 Å². The average Bonchev–Trinajstić information content (AvgIpc) is 3.22. The van der Waals surface area contributed by atoms with Crippen LogP contribution in [0.4, 0.5) is 11.4 Å². The van der Waals surface area contributed by atoms with Crippen molar-refractivity contribution in [3.05, 3.63) is 99.1 Å². The molecular formula is C24H20ClN5O3S. The van der Waals surface area contributed by atoms with Gasteiger partial charge in [-0.2, -0.15) is 0 Å². The summed E-state index contributed by atoms with van der Waals surface area (Å²) in [4.78, 5) is 23.2. The molecule has 1 amide bonds. The number of nitro groups is 1. The molecule has 34 heavy (non-hydrogen) atoms. The molecule has 3 aromatic carbocycles. The van der Waals surface area contributed by atoms with Crippen LogP contribution in [0.5, 0.6) is 0 Å². The molecule has 1 aromatic heterocycles. The number of benzene rings is 3. The fraction of sp³-hybridized carbons (Fsp3) is 0.125. The van der Waals surface area contributed by atoms with E-state index in [1.54, 1.807) is 25.1 Å². The second kappa shape index (κ2) is 10.5. The van der Waals surface area contributed by atoms with E-state index in [-0.39, 0.29) is 17.3 Å². The number of hydrogen-bond donors (Lipinski definition) is 1. The number of non-ortho nitro benzene ring substituents is 1. The smallest absolute Gasteiger partial charge is 0.271 e. The van der Waals surface area contributed by atoms with Crippen molar-refractivity contribution in [3.8, 4) is 11.4 Å². The van der Waals surface area contributed by atoms with Crippen LogP contribution in [0.25, 0.3) is 11.4 Å². The Morgan fingerprint density at radius 2 is 1.82 bits per heavy atom. The van der Waals surface area contributed by atoms with Gasteiger partial charge in [-0.3, -0.25) is 19.5 Å². The van der Waals surface area contributed by atoms with Crippen LogP contribution in [0.15, 0.2) is 78.0 Å². The molecule has 0 unspecified atom stereocenters. The van der Waals surface area contributed by atoms with Crippen LogP contribution < -0.4 is 5.32 Å². The Hall–Kier alpha value is -3.69. The Labute approximate surface area is 205 Å². The molecule has 0 aliphatic carbocycles. The number of nitro benzene ring substituents is 1. The molecule has 0 atom stereocenters. The first-order chi connectivity index (χ1) is 16.4. The number of halogens is 1. The number of aromatic nitrogens is 3. The maximum Gasteiger partial charge on any atom is 0.271 e. The van der Waals surface area contributed by atoms with E-state index in [4.69, 9.17) is 11.6 Å². The number of aryl methyl sites for hydroxylation is 1. The topological polar surface area (TPSA) is 103 Å². The number of amides is 1. The largest absolute Gasteiger partial charge is 0.325 e. The van der Waals surface area contributed by atoms with E-state index >= 15 is 0 Å². The summed E-state index contributed by atoms with van der Waals surface area (Å²) >= 11 is 7.28. The Morgan fingerprint density at radius 1 is 1.09 bits per heavy atom. The standard InChI is InChI=1S/C24H20ClN5O3S/c1-16-7-12-20(30(32)33)13-21(16)26-22(31)15-34-24-28-27-23(18-8-10-19(25)11-9-18)29(24)14-17-5-3-2-4-6-17/h2-13H,14-15H2,1H3,(H,26,31). The summed E-state index contributed by atoms with van der Waals surface area (Å²) in [5, 5.41) is 23.7. The van der Waals surface area contributed by atoms with E-state index in [2.05, 4.69) is 15.5 Å². The fourth-order valence-electron chi connectivity index (χ4n) is 3.29. The molecule has 0 bridgehead atoms. The molecule has 1 N–H and O–H groups in total. The van der Waals surface area contributed by atoms with Gasteiger partial charge in [-0.25, -0.2) is 0 Å². The Bertz CT molecular complexity index is 1330. The third-order valence-corrected chi connectivity index (χ3v) is 6.26. The molecule has 10 heteroatoms. The zero-order valence-corrected chi connectivity index (χ0v) is 19.7. The van der Waals surface area contributed by atoms with Crippen molar-refractivity contribution >= 4 is 40.6 Å². The van der Waals surface area contributed by atoms with Crippen LogP contribution in [0.3, 0.4) is 0 Å². The van der Waals surface area contributed by atoms with Gasteiger partial charge in [0.1, 0.15) is 0 Å². The summed E-state index contributed by atoms with van der Waals surface area (Å²) < 4.78 is 1.95. The summed E-state index contributed by atoms with van der Waals surface area (Å²) in [5.74, 6) is 0.434. The van der Waals surface area contributed by atoms with Crippen LogP contribution in [-0.4, -0.2) is 31.3 Å². The van der Waals surface area contributed by atoms with Gasteiger partial charge >= 0.3 is 0 Å². The van der Waals surface area contributed by atoms with Crippen molar-refractivity contribution in [2.24, 2.45) is 0 Å². The monoisotopic (exact) mass is 493 g/mol. The summed E-state index contributed by atoms with van der Waals surface area (Å²) in [6.07, 6.45) is 0. The van der Waals surface area contributed by atoms with Gasteiger partial charge in [0.2, 0.25) is 5.91 Å². The summed E-state index contributed by atoms with van der Waals surface area (Å²) in [6.45, 7) is 2.31. The minimum Gasteiger partial charge on any atom is -0.325 e. The predicted molar refractivity (Wildman–Crippen MR) is 133 cm³/mol. The molecule has 1 heterocycles. The highest BCUT2D eigenvalue weighted by Crippen LogP contribution is 2.27. The maximum atomic E-state index is 12.6. The number of rotatable bonds is 8. The lowest BCUT2D eigenvalue weighted by Gasteiger charge is -2.11. The second-order valence-corrected chi connectivity index (χ2v) is 8.86. The van der Waals surface area contributed by atoms with Crippen molar-refractivity contribution < 1.29 is 9.72 Å². The Kier molecular flexibility index (Phi) is 7.24. The molecule has 0 saturated carbocycles.